The van der Waals surface area contributed by atoms with Gasteiger partial charge >= 0.3 is 5.97 Å². The van der Waals surface area contributed by atoms with Crippen molar-refractivity contribution in [1.29, 1.82) is 0 Å². The molecule has 74 valence electrons. The molecule has 0 saturated heterocycles. The normalized spacial score (nSPS) is 19.4. The van der Waals surface area contributed by atoms with Crippen molar-refractivity contribution < 1.29 is 13.7 Å². The fraction of sp³-hybridized carbons (Fsp3) is 0.222. The highest BCUT2D eigenvalue weighted by atomic mass is 32.2. The van der Waals surface area contributed by atoms with E-state index in [-0.39, 0.29) is 12.2 Å². The summed E-state index contributed by atoms with van der Waals surface area (Å²) in [5, 5.41) is 1.61. The molecule has 0 fully saturated rings. The first-order valence-corrected chi connectivity index (χ1v) is 4.77. The van der Waals surface area contributed by atoms with Gasteiger partial charge in [-0.15, -0.1) is 0 Å². The van der Waals surface area contributed by atoms with Gasteiger partial charge in [-0.2, -0.15) is 0 Å². The van der Waals surface area contributed by atoms with E-state index in [1.807, 2.05) is 0 Å². The topological polar surface area (TPSA) is 46.4 Å². The quantitative estimate of drug-likeness (QED) is 0.233. The molecule has 0 aromatic carbocycles. The molecule has 1 rings (SSSR count). The van der Waals surface area contributed by atoms with Crippen LogP contribution in [0.4, 0.5) is 0 Å². The van der Waals surface area contributed by atoms with Gasteiger partial charge in [0.25, 0.3) is 6.04 Å². The van der Waals surface area contributed by atoms with Crippen molar-refractivity contribution in [2.45, 2.75) is 6.04 Å². The second-order valence-corrected chi connectivity index (χ2v) is 3.42. The predicted molar refractivity (Wildman–Crippen MR) is 54.4 cm³/mol. The van der Waals surface area contributed by atoms with E-state index in [9.17, 15) is 9.70 Å². The van der Waals surface area contributed by atoms with Gasteiger partial charge in [-0.25, -0.2) is 4.79 Å². The van der Waals surface area contributed by atoms with Crippen molar-refractivity contribution in [2.24, 2.45) is 0 Å². The third-order valence-electron chi connectivity index (χ3n) is 1.60. The molecule has 1 heterocycles. The maximum Gasteiger partial charge on any atom is 0.341 e. The highest BCUT2D eigenvalue weighted by Crippen LogP contribution is 2.23. The summed E-state index contributed by atoms with van der Waals surface area (Å²) >= 11 is 0.983. The number of carbonyl (C=O) groups excluding carboxylic acids is 1. The minimum atomic E-state index is -0.614. The molecular formula is C9H10NO3S+. The Kier molecular flexibility index (Phi) is 3.64. The maximum atomic E-state index is 11.3. The molecule has 0 bridgehead atoms. The van der Waals surface area contributed by atoms with E-state index in [2.05, 4.69) is 13.2 Å². The summed E-state index contributed by atoms with van der Waals surface area (Å²) in [7, 11) is 0. The number of nitroso groups, excluding NO2 is 1. The third kappa shape index (κ3) is 2.32. The maximum absolute atomic E-state index is 11.3. The number of rotatable bonds is 4. The molecule has 14 heavy (non-hydrogen) atoms. The molecule has 4 nitrogen and oxygen atoms in total. The number of esters is 1. The van der Waals surface area contributed by atoms with Gasteiger partial charge in [0, 0.05) is 16.4 Å². The molecule has 1 atom stereocenters. The highest BCUT2D eigenvalue weighted by Gasteiger charge is 2.35. The zero-order valence-corrected chi connectivity index (χ0v) is 8.33. The van der Waals surface area contributed by atoms with Crippen molar-refractivity contribution in [3.05, 3.63) is 41.2 Å². The van der Waals surface area contributed by atoms with E-state index in [0.717, 1.165) is 11.9 Å². The van der Waals surface area contributed by atoms with Gasteiger partial charge in [0.2, 0.25) is 11.9 Å². The Balaban J connectivity index is 2.56. The smallest absolute Gasteiger partial charge is 0.341 e. The Morgan fingerprint density at radius 1 is 1.71 bits per heavy atom. The first-order chi connectivity index (χ1) is 6.66. The standard InChI is InChI=1S/C9H10NO3S/c1-3-5-13-9(11)7(2)8-4-6-14-10(8)12/h3-4,6,8H,1-2,5H2/q+1. The summed E-state index contributed by atoms with van der Waals surface area (Å²) in [4.78, 5) is 22.4. The van der Waals surface area contributed by atoms with Crippen molar-refractivity contribution in [3.63, 3.8) is 0 Å². The van der Waals surface area contributed by atoms with E-state index in [4.69, 9.17) is 4.74 Å². The zero-order chi connectivity index (χ0) is 10.6. The Morgan fingerprint density at radius 2 is 2.43 bits per heavy atom. The van der Waals surface area contributed by atoms with Gasteiger partial charge in [0.1, 0.15) is 12.2 Å². The largest absolute Gasteiger partial charge is 0.458 e. The van der Waals surface area contributed by atoms with Crippen LogP contribution in [-0.2, 0) is 9.53 Å². The van der Waals surface area contributed by atoms with E-state index in [1.54, 1.807) is 11.5 Å². The number of carbonyl (C=O) groups is 1. The molecule has 5 heteroatoms. The minimum Gasteiger partial charge on any atom is -0.458 e. The minimum absolute atomic E-state index is 0.125. The van der Waals surface area contributed by atoms with Crippen LogP contribution >= 0.6 is 11.9 Å². The predicted octanol–water partition coefficient (Wildman–Crippen LogP) is 1.59. The molecule has 1 aliphatic rings. The second kappa shape index (κ2) is 4.76. The van der Waals surface area contributed by atoms with Crippen LogP contribution in [0, 0.1) is 4.91 Å². The van der Waals surface area contributed by atoms with Crippen LogP contribution < -0.4 is 0 Å². The molecule has 0 aromatic heterocycles. The molecule has 0 amide bonds. The van der Waals surface area contributed by atoms with Crippen molar-refractivity contribution >= 4 is 17.9 Å². The Labute approximate surface area is 86.0 Å². The average molecular weight is 212 g/mol. The molecular weight excluding hydrogens is 202 g/mol. The molecule has 0 aromatic rings. The van der Waals surface area contributed by atoms with Gasteiger partial charge in [-0.1, -0.05) is 19.2 Å². The van der Waals surface area contributed by atoms with Crippen molar-refractivity contribution in [3.8, 4) is 0 Å². The number of hydrogen-bond donors (Lipinski definition) is 0. The lowest BCUT2D eigenvalue weighted by atomic mass is 10.1. The molecule has 1 aliphatic heterocycles. The first kappa shape index (κ1) is 10.7. The molecule has 0 N–H and O–H groups in total. The van der Waals surface area contributed by atoms with E-state index < -0.39 is 12.0 Å². The van der Waals surface area contributed by atoms with Gasteiger partial charge in [0.05, 0.1) is 4.17 Å². The zero-order valence-electron chi connectivity index (χ0n) is 7.51. The average Bonchev–Trinajstić information content (AvgIpc) is 2.59. The van der Waals surface area contributed by atoms with E-state index in [0.29, 0.717) is 4.17 Å². The fourth-order valence-electron chi connectivity index (χ4n) is 0.897. The van der Waals surface area contributed by atoms with Gasteiger partial charge in [0.15, 0.2) is 0 Å². The van der Waals surface area contributed by atoms with Crippen molar-refractivity contribution in [1.82, 2.24) is 0 Å². The first-order valence-electron chi connectivity index (χ1n) is 3.93. The van der Waals surface area contributed by atoms with Crippen LogP contribution in [0.25, 0.3) is 0 Å². The number of nitrogens with zero attached hydrogens (tertiary/aromatic N) is 1. The van der Waals surface area contributed by atoms with E-state index >= 15 is 0 Å². The summed E-state index contributed by atoms with van der Waals surface area (Å²) in [6.45, 7) is 7.06. The van der Waals surface area contributed by atoms with Crippen LogP contribution in [0.15, 0.2) is 36.3 Å². The Bertz CT molecular complexity index is 322. The van der Waals surface area contributed by atoms with Crippen molar-refractivity contribution in [2.75, 3.05) is 6.61 Å². The summed E-state index contributed by atoms with van der Waals surface area (Å²) in [6, 6.07) is -0.614. The highest BCUT2D eigenvalue weighted by molar-refractivity contribution is 7.96. The summed E-state index contributed by atoms with van der Waals surface area (Å²) in [5.74, 6) is -0.567. The van der Waals surface area contributed by atoms with E-state index in [1.165, 1.54) is 6.08 Å². The van der Waals surface area contributed by atoms with Gasteiger partial charge < -0.3 is 4.74 Å². The lowest BCUT2D eigenvalue weighted by Gasteiger charge is -2.03. The SMILES string of the molecule is C=CCOC(=O)C(=C)C1C=CS[N+]1=O. The van der Waals surface area contributed by atoms with Crippen LogP contribution in [0.1, 0.15) is 0 Å². The monoisotopic (exact) mass is 212 g/mol. The van der Waals surface area contributed by atoms with Gasteiger partial charge in [-0.05, 0) is 0 Å². The molecule has 0 aliphatic carbocycles. The second-order valence-electron chi connectivity index (χ2n) is 2.58. The number of hydrogen-bond acceptors (Lipinski definition) is 4. The Morgan fingerprint density at radius 3 is 2.93 bits per heavy atom. The number of ether oxygens (including phenoxy) is 1. The van der Waals surface area contributed by atoms with Crippen LogP contribution in [0.5, 0.6) is 0 Å². The summed E-state index contributed by atoms with van der Waals surface area (Å²) < 4.78 is 5.44. The molecule has 0 saturated carbocycles. The van der Waals surface area contributed by atoms with Crippen LogP contribution in [-0.4, -0.2) is 22.8 Å². The van der Waals surface area contributed by atoms with Crippen LogP contribution in [0.2, 0.25) is 0 Å². The van der Waals surface area contributed by atoms with Gasteiger partial charge in [-0.3, -0.25) is 0 Å². The lowest BCUT2D eigenvalue weighted by molar-refractivity contribution is -0.387. The fourth-order valence-corrected chi connectivity index (χ4v) is 1.56. The molecule has 0 spiro atoms. The lowest BCUT2D eigenvalue weighted by Crippen LogP contribution is -2.22. The third-order valence-corrected chi connectivity index (χ3v) is 2.32. The Hall–Kier alpha value is -1.36. The molecule has 0 radical (unpaired) electrons. The molecule has 1 unspecified atom stereocenters. The summed E-state index contributed by atoms with van der Waals surface area (Å²) in [5.41, 5.74) is 0.142. The van der Waals surface area contributed by atoms with Crippen LogP contribution in [0.3, 0.4) is 0 Å². The summed E-state index contributed by atoms with van der Waals surface area (Å²) in [6.07, 6.45) is 3.06.